The summed E-state index contributed by atoms with van der Waals surface area (Å²) in [5, 5.41) is 14.7. The first-order valence-corrected chi connectivity index (χ1v) is 11.1. The number of hydrogen-bond donors (Lipinski definition) is 3. The number of nitrogens with one attached hydrogen (secondary N) is 2. The molecule has 0 spiro atoms. The minimum Gasteiger partial charge on any atom is -0.481 e. The van der Waals surface area contributed by atoms with Crippen molar-refractivity contribution in [1.29, 1.82) is 0 Å². The van der Waals surface area contributed by atoms with Crippen LogP contribution >= 0.6 is 0 Å². The number of carboxylic acid groups (broad SMARTS) is 1. The van der Waals surface area contributed by atoms with E-state index in [0.29, 0.717) is 12.8 Å². The number of benzene rings is 2. The number of fused-ring (bicyclic) bond motifs is 3. The van der Waals surface area contributed by atoms with E-state index in [4.69, 9.17) is 9.84 Å². The average Bonchev–Trinajstić information content (AvgIpc) is 3.70. The third kappa shape index (κ3) is 3.95. The molecule has 2 aromatic rings. The van der Waals surface area contributed by atoms with Crippen LogP contribution in [0, 0.1) is 5.92 Å². The molecule has 7 heteroatoms. The molecule has 7 nitrogen and oxygen atoms in total. The lowest BCUT2D eigenvalue weighted by atomic mass is 9.98. The smallest absolute Gasteiger partial charge is 0.408 e. The Morgan fingerprint density at radius 2 is 1.59 bits per heavy atom. The summed E-state index contributed by atoms with van der Waals surface area (Å²) in [6, 6.07) is 15.8. The van der Waals surface area contributed by atoms with E-state index in [9.17, 15) is 14.4 Å². The molecule has 0 radical (unpaired) electrons. The highest BCUT2D eigenvalue weighted by atomic mass is 16.5. The molecule has 0 bridgehead atoms. The Morgan fingerprint density at radius 3 is 2.12 bits per heavy atom. The lowest BCUT2D eigenvalue weighted by molar-refractivity contribution is -0.138. The molecule has 1 unspecified atom stereocenters. The molecule has 1 atom stereocenters. The van der Waals surface area contributed by atoms with Crippen molar-refractivity contribution in [3.63, 3.8) is 0 Å². The van der Waals surface area contributed by atoms with Crippen molar-refractivity contribution in [3.8, 4) is 11.1 Å². The summed E-state index contributed by atoms with van der Waals surface area (Å²) in [6.45, 7) is 0.182. The van der Waals surface area contributed by atoms with Crippen LogP contribution in [-0.2, 0) is 14.3 Å². The van der Waals surface area contributed by atoms with Gasteiger partial charge >= 0.3 is 12.1 Å². The maximum Gasteiger partial charge on any atom is 0.408 e. The van der Waals surface area contributed by atoms with E-state index in [1.165, 1.54) is 0 Å². The van der Waals surface area contributed by atoms with Crippen molar-refractivity contribution in [2.45, 2.75) is 49.6 Å². The van der Waals surface area contributed by atoms with Crippen molar-refractivity contribution >= 4 is 18.0 Å². The molecule has 166 valence electrons. The second-order valence-corrected chi connectivity index (χ2v) is 9.05. The average molecular weight is 434 g/mol. The highest BCUT2D eigenvalue weighted by Gasteiger charge is 2.53. The Bertz CT molecular complexity index is 1030. The minimum absolute atomic E-state index is 0.0491. The zero-order chi connectivity index (χ0) is 22.3. The van der Waals surface area contributed by atoms with Gasteiger partial charge in [-0.2, -0.15) is 0 Å². The van der Waals surface area contributed by atoms with Gasteiger partial charge in [-0.1, -0.05) is 48.5 Å². The Hall–Kier alpha value is -3.35. The fourth-order valence-corrected chi connectivity index (χ4v) is 4.69. The first kappa shape index (κ1) is 20.5. The van der Waals surface area contributed by atoms with Crippen LogP contribution in [0.1, 0.15) is 49.1 Å². The van der Waals surface area contributed by atoms with Gasteiger partial charge in [0.2, 0.25) is 5.91 Å². The van der Waals surface area contributed by atoms with Crippen LogP contribution in [0.4, 0.5) is 4.79 Å². The fraction of sp³-hybridized carbons (Fsp3) is 0.400. The number of amides is 2. The Labute approximate surface area is 186 Å². The first-order chi connectivity index (χ1) is 15.5. The number of rotatable bonds is 8. The summed E-state index contributed by atoms with van der Waals surface area (Å²) in [7, 11) is 0. The second-order valence-electron chi connectivity index (χ2n) is 9.05. The quantitative estimate of drug-likeness (QED) is 0.590. The van der Waals surface area contributed by atoms with E-state index in [1.807, 2.05) is 24.3 Å². The van der Waals surface area contributed by atoms with E-state index in [-0.39, 0.29) is 36.8 Å². The molecule has 3 aliphatic carbocycles. The van der Waals surface area contributed by atoms with Gasteiger partial charge in [0, 0.05) is 12.0 Å². The van der Waals surface area contributed by atoms with Crippen molar-refractivity contribution in [3.05, 3.63) is 59.7 Å². The standard InChI is InChI=1S/C25H26N2O5/c28-22(29)13-21(15-9-10-15)26-23(30)25(11-12-25)27-24(31)32-14-20-18-7-3-1-5-16(18)17-6-2-4-8-19(17)20/h1-8,15,20-21H,9-14H2,(H,26,30)(H,27,31)(H,28,29). The van der Waals surface area contributed by atoms with E-state index >= 15 is 0 Å². The lowest BCUT2D eigenvalue weighted by Gasteiger charge is -2.22. The van der Waals surface area contributed by atoms with Gasteiger partial charge in [-0.3, -0.25) is 9.59 Å². The molecule has 3 N–H and O–H groups in total. The summed E-state index contributed by atoms with van der Waals surface area (Å²) in [5.74, 6) is -1.09. The third-order valence-corrected chi connectivity index (χ3v) is 6.77. The van der Waals surface area contributed by atoms with Gasteiger partial charge in [0.25, 0.3) is 0 Å². The zero-order valence-corrected chi connectivity index (χ0v) is 17.7. The normalized spacial score (nSPS) is 18.8. The molecule has 2 fully saturated rings. The maximum atomic E-state index is 12.8. The van der Waals surface area contributed by atoms with Crippen molar-refractivity contribution in [2.24, 2.45) is 5.92 Å². The highest BCUT2D eigenvalue weighted by molar-refractivity contribution is 5.93. The van der Waals surface area contributed by atoms with Crippen molar-refractivity contribution < 1.29 is 24.2 Å². The van der Waals surface area contributed by atoms with Gasteiger partial charge in [-0.25, -0.2) is 4.79 Å². The fourth-order valence-electron chi connectivity index (χ4n) is 4.69. The second kappa shape index (κ2) is 7.97. The van der Waals surface area contributed by atoms with Crippen LogP contribution in [-0.4, -0.2) is 41.3 Å². The molecule has 3 aliphatic rings. The molecular formula is C25H26N2O5. The molecule has 0 heterocycles. The Kier molecular flexibility index (Phi) is 5.12. The monoisotopic (exact) mass is 434 g/mol. The first-order valence-electron chi connectivity index (χ1n) is 11.1. The van der Waals surface area contributed by atoms with Crippen LogP contribution in [0.25, 0.3) is 11.1 Å². The zero-order valence-electron chi connectivity index (χ0n) is 17.7. The number of carbonyl (C=O) groups excluding carboxylic acids is 2. The predicted molar refractivity (Wildman–Crippen MR) is 117 cm³/mol. The van der Waals surface area contributed by atoms with Gasteiger partial charge in [-0.15, -0.1) is 0 Å². The lowest BCUT2D eigenvalue weighted by Crippen LogP contribution is -2.52. The van der Waals surface area contributed by atoms with Crippen LogP contribution in [0.2, 0.25) is 0 Å². The van der Waals surface area contributed by atoms with Crippen molar-refractivity contribution in [1.82, 2.24) is 10.6 Å². The number of aliphatic carboxylic acids is 1. The largest absolute Gasteiger partial charge is 0.481 e. The van der Waals surface area contributed by atoms with Gasteiger partial charge in [0.05, 0.1) is 6.42 Å². The van der Waals surface area contributed by atoms with Gasteiger partial charge in [0.1, 0.15) is 12.1 Å². The number of hydrogen-bond acceptors (Lipinski definition) is 4. The molecule has 32 heavy (non-hydrogen) atoms. The van der Waals surface area contributed by atoms with Gasteiger partial charge < -0.3 is 20.5 Å². The summed E-state index contributed by atoms with van der Waals surface area (Å²) in [6.07, 6.45) is 2.16. The summed E-state index contributed by atoms with van der Waals surface area (Å²) < 4.78 is 5.57. The number of carboxylic acids is 1. The molecule has 2 saturated carbocycles. The van der Waals surface area contributed by atoms with Crippen LogP contribution in [0.3, 0.4) is 0 Å². The van der Waals surface area contributed by atoms with E-state index in [0.717, 1.165) is 35.1 Å². The third-order valence-electron chi connectivity index (χ3n) is 6.77. The summed E-state index contributed by atoms with van der Waals surface area (Å²) >= 11 is 0. The van der Waals surface area contributed by atoms with E-state index in [1.54, 1.807) is 0 Å². The number of ether oxygens (including phenoxy) is 1. The highest BCUT2D eigenvalue weighted by Crippen LogP contribution is 2.44. The van der Waals surface area contributed by atoms with Crippen molar-refractivity contribution in [2.75, 3.05) is 6.61 Å². The predicted octanol–water partition coefficient (Wildman–Crippen LogP) is 3.43. The van der Waals surface area contributed by atoms with E-state index < -0.39 is 17.6 Å². The Balaban J connectivity index is 1.21. The van der Waals surface area contributed by atoms with Crippen LogP contribution in [0.5, 0.6) is 0 Å². The molecule has 5 rings (SSSR count). The van der Waals surface area contributed by atoms with Gasteiger partial charge in [0.15, 0.2) is 0 Å². The molecule has 2 amide bonds. The topological polar surface area (TPSA) is 105 Å². The van der Waals surface area contributed by atoms with Crippen LogP contribution < -0.4 is 10.6 Å². The number of alkyl carbamates (subject to hydrolysis) is 1. The summed E-state index contributed by atoms with van der Waals surface area (Å²) in [5.41, 5.74) is 3.57. The SMILES string of the molecule is O=C(O)CC(NC(=O)C1(NC(=O)OCC2c3ccccc3-c3ccccc32)CC1)C1CC1. The summed E-state index contributed by atoms with van der Waals surface area (Å²) in [4.78, 5) is 36.5. The Morgan fingerprint density at radius 1 is 1.00 bits per heavy atom. The molecule has 0 aliphatic heterocycles. The molecule has 0 aromatic heterocycles. The molecule has 2 aromatic carbocycles. The maximum absolute atomic E-state index is 12.8. The number of carbonyl (C=O) groups is 3. The minimum atomic E-state index is -0.992. The molecule has 0 saturated heterocycles. The van der Waals surface area contributed by atoms with Crippen LogP contribution in [0.15, 0.2) is 48.5 Å². The molecular weight excluding hydrogens is 408 g/mol. The van der Waals surface area contributed by atoms with Gasteiger partial charge in [-0.05, 0) is 53.9 Å². The van der Waals surface area contributed by atoms with E-state index in [2.05, 4.69) is 34.9 Å².